The lowest BCUT2D eigenvalue weighted by Gasteiger charge is -2.06. The average Bonchev–Trinajstić information content (AvgIpc) is 2.18. The monoisotopic (exact) mass is 227 g/mol. The summed E-state index contributed by atoms with van der Waals surface area (Å²) < 4.78 is 4.93. The molecule has 0 aliphatic heterocycles. The van der Waals surface area contributed by atoms with Crippen molar-refractivity contribution in [1.29, 1.82) is 0 Å². The number of hydrogen-bond donors (Lipinski definition) is 1. The zero-order valence-corrected chi connectivity index (χ0v) is 9.38. The van der Waals surface area contributed by atoms with Gasteiger partial charge in [0.2, 0.25) is 0 Å². The first-order valence-electron chi connectivity index (χ1n) is 4.91. The molecule has 1 aromatic rings. The van der Waals surface area contributed by atoms with Crippen LogP contribution in [0, 0.1) is 0 Å². The first kappa shape index (κ1) is 11.9. The molecule has 0 aliphatic carbocycles. The molecule has 1 amide bonds. The van der Waals surface area contributed by atoms with Gasteiger partial charge in [-0.3, -0.25) is 5.32 Å². The van der Waals surface area contributed by atoms with Gasteiger partial charge in [0.15, 0.2) is 0 Å². The molecule has 0 atom stereocenters. The van der Waals surface area contributed by atoms with E-state index in [1.54, 1.807) is 24.3 Å². The molecule has 3 nitrogen and oxygen atoms in total. The third-order valence-corrected chi connectivity index (χ3v) is 2.04. The van der Waals surface area contributed by atoms with Crippen LogP contribution in [0.5, 0.6) is 0 Å². The first-order chi connectivity index (χ1) is 7.22. The van der Waals surface area contributed by atoms with Gasteiger partial charge in [0.25, 0.3) is 0 Å². The molecule has 0 saturated carbocycles. The van der Waals surface area contributed by atoms with Gasteiger partial charge in [-0.15, -0.1) is 0 Å². The number of amides is 1. The van der Waals surface area contributed by atoms with Crippen LogP contribution in [-0.4, -0.2) is 12.7 Å². The number of halogens is 1. The van der Waals surface area contributed by atoms with Crippen molar-refractivity contribution in [3.63, 3.8) is 0 Å². The standard InChI is InChI=1S/C11H14ClNO2/c1-2-3-7-15-11(14)13-10-6-4-5-9(12)8-10/h4-6,8H,2-3,7H2,1H3,(H,13,14). The third kappa shape index (κ3) is 4.70. The Morgan fingerprint density at radius 2 is 2.33 bits per heavy atom. The van der Waals surface area contributed by atoms with Crippen LogP contribution in [0.1, 0.15) is 19.8 Å². The number of hydrogen-bond acceptors (Lipinski definition) is 2. The molecular weight excluding hydrogens is 214 g/mol. The minimum Gasteiger partial charge on any atom is -0.449 e. The molecule has 0 unspecified atom stereocenters. The predicted octanol–water partition coefficient (Wildman–Crippen LogP) is 3.69. The Morgan fingerprint density at radius 3 is 3.00 bits per heavy atom. The lowest BCUT2D eigenvalue weighted by atomic mass is 10.3. The Morgan fingerprint density at radius 1 is 1.53 bits per heavy atom. The van der Waals surface area contributed by atoms with Gasteiger partial charge in [-0.1, -0.05) is 31.0 Å². The van der Waals surface area contributed by atoms with E-state index in [-0.39, 0.29) is 0 Å². The van der Waals surface area contributed by atoms with Gasteiger partial charge in [0.05, 0.1) is 6.61 Å². The smallest absolute Gasteiger partial charge is 0.411 e. The summed E-state index contributed by atoms with van der Waals surface area (Å²) >= 11 is 5.76. The molecule has 0 heterocycles. The second-order valence-corrected chi connectivity index (χ2v) is 3.56. The number of benzene rings is 1. The lowest BCUT2D eigenvalue weighted by Crippen LogP contribution is -2.14. The second-order valence-electron chi connectivity index (χ2n) is 3.12. The molecule has 0 spiro atoms. The third-order valence-electron chi connectivity index (χ3n) is 1.80. The van der Waals surface area contributed by atoms with Gasteiger partial charge in [-0.05, 0) is 24.6 Å². The molecule has 1 aromatic carbocycles. The summed E-state index contributed by atoms with van der Waals surface area (Å²) in [6.45, 7) is 2.49. The molecule has 0 bridgehead atoms. The van der Waals surface area contributed by atoms with E-state index >= 15 is 0 Å². The maximum Gasteiger partial charge on any atom is 0.411 e. The Bertz CT molecular complexity index is 328. The number of unbranched alkanes of at least 4 members (excludes halogenated alkanes) is 1. The highest BCUT2D eigenvalue weighted by atomic mass is 35.5. The molecule has 0 radical (unpaired) electrons. The Labute approximate surface area is 94.4 Å². The Kier molecular flexibility index (Phi) is 4.98. The van der Waals surface area contributed by atoms with Crippen molar-refractivity contribution < 1.29 is 9.53 Å². The maximum absolute atomic E-state index is 11.2. The molecule has 1 rings (SSSR count). The fourth-order valence-corrected chi connectivity index (χ4v) is 1.22. The van der Waals surface area contributed by atoms with Gasteiger partial charge in [-0.2, -0.15) is 0 Å². The number of nitrogens with one attached hydrogen (secondary N) is 1. The highest BCUT2D eigenvalue weighted by Gasteiger charge is 2.02. The second kappa shape index (κ2) is 6.30. The normalized spacial score (nSPS) is 9.73. The largest absolute Gasteiger partial charge is 0.449 e. The van der Waals surface area contributed by atoms with Crippen LogP contribution >= 0.6 is 11.6 Å². The van der Waals surface area contributed by atoms with E-state index in [0.29, 0.717) is 17.3 Å². The SMILES string of the molecule is CCCCOC(=O)Nc1cccc(Cl)c1. The zero-order chi connectivity index (χ0) is 11.1. The first-order valence-corrected chi connectivity index (χ1v) is 5.29. The van der Waals surface area contributed by atoms with Crippen molar-refractivity contribution in [3.8, 4) is 0 Å². The lowest BCUT2D eigenvalue weighted by molar-refractivity contribution is 0.160. The molecular formula is C11H14ClNO2. The Balaban J connectivity index is 2.37. The van der Waals surface area contributed by atoms with Crippen LogP contribution < -0.4 is 5.32 Å². The number of ether oxygens (including phenoxy) is 1. The summed E-state index contributed by atoms with van der Waals surface area (Å²) in [4.78, 5) is 11.2. The minimum absolute atomic E-state index is 0.439. The van der Waals surface area contributed by atoms with Crippen LogP contribution in [0.4, 0.5) is 10.5 Å². The predicted molar refractivity (Wildman–Crippen MR) is 61.3 cm³/mol. The highest BCUT2D eigenvalue weighted by Crippen LogP contribution is 2.14. The summed E-state index contributed by atoms with van der Waals surface area (Å²) in [6, 6.07) is 6.94. The quantitative estimate of drug-likeness (QED) is 0.797. The fraction of sp³-hybridized carbons (Fsp3) is 0.364. The van der Waals surface area contributed by atoms with E-state index < -0.39 is 6.09 Å². The molecule has 0 aliphatic rings. The van der Waals surface area contributed by atoms with Crippen LogP contribution in [0.2, 0.25) is 5.02 Å². The molecule has 15 heavy (non-hydrogen) atoms. The number of carbonyl (C=O) groups is 1. The summed E-state index contributed by atoms with van der Waals surface area (Å²) in [6.07, 6.45) is 1.44. The van der Waals surface area contributed by atoms with Gasteiger partial charge >= 0.3 is 6.09 Å². The van der Waals surface area contributed by atoms with Crippen molar-refractivity contribution in [1.82, 2.24) is 0 Å². The van der Waals surface area contributed by atoms with E-state index in [4.69, 9.17) is 16.3 Å². The fourth-order valence-electron chi connectivity index (χ4n) is 1.03. The number of anilines is 1. The van der Waals surface area contributed by atoms with E-state index in [9.17, 15) is 4.79 Å². The molecule has 4 heteroatoms. The molecule has 0 aromatic heterocycles. The molecule has 1 N–H and O–H groups in total. The van der Waals surface area contributed by atoms with E-state index in [1.807, 2.05) is 6.92 Å². The number of carbonyl (C=O) groups excluding carboxylic acids is 1. The van der Waals surface area contributed by atoms with Crippen LogP contribution in [0.25, 0.3) is 0 Å². The summed E-state index contributed by atoms with van der Waals surface area (Å²) in [5.74, 6) is 0. The summed E-state index contributed by atoms with van der Waals surface area (Å²) in [5.41, 5.74) is 0.643. The van der Waals surface area contributed by atoms with Crippen molar-refractivity contribution >= 4 is 23.4 Å². The highest BCUT2D eigenvalue weighted by molar-refractivity contribution is 6.30. The van der Waals surface area contributed by atoms with Crippen LogP contribution in [-0.2, 0) is 4.74 Å². The molecule has 0 fully saturated rings. The van der Waals surface area contributed by atoms with E-state index in [2.05, 4.69) is 5.32 Å². The van der Waals surface area contributed by atoms with Crippen molar-refractivity contribution in [2.24, 2.45) is 0 Å². The minimum atomic E-state index is -0.439. The van der Waals surface area contributed by atoms with E-state index in [0.717, 1.165) is 12.8 Å². The van der Waals surface area contributed by atoms with Gasteiger partial charge < -0.3 is 4.74 Å². The number of rotatable bonds is 4. The van der Waals surface area contributed by atoms with Gasteiger partial charge in [-0.25, -0.2) is 4.79 Å². The average molecular weight is 228 g/mol. The Hall–Kier alpha value is -1.22. The maximum atomic E-state index is 11.2. The molecule has 0 saturated heterocycles. The van der Waals surface area contributed by atoms with Crippen molar-refractivity contribution in [3.05, 3.63) is 29.3 Å². The van der Waals surface area contributed by atoms with Gasteiger partial charge in [0, 0.05) is 10.7 Å². The zero-order valence-electron chi connectivity index (χ0n) is 8.63. The van der Waals surface area contributed by atoms with Crippen molar-refractivity contribution in [2.75, 3.05) is 11.9 Å². The topological polar surface area (TPSA) is 38.3 Å². The van der Waals surface area contributed by atoms with E-state index in [1.165, 1.54) is 0 Å². The van der Waals surface area contributed by atoms with Crippen molar-refractivity contribution in [2.45, 2.75) is 19.8 Å². The van der Waals surface area contributed by atoms with Crippen LogP contribution in [0.15, 0.2) is 24.3 Å². The van der Waals surface area contributed by atoms with Gasteiger partial charge in [0.1, 0.15) is 0 Å². The molecule has 82 valence electrons. The van der Waals surface area contributed by atoms with Crippen LogP contribution in [0.3, 0.4) is 0 Å². The summed E-state index contributed by atoms with van der Waals surface area (Å²) in [7, 11) is 0. The summed E-state index contributed by atoms with van der Waals surface area (Å²) in [5, 5.41) is 3.18.